The normalized spacial score (nSPS) is 16.6. The molecule has 3 aromatic rings. The summed E-state index contributed by atoms with van der Waals surface area (Å²) in [5.74, 6) is 0.352. The van der Waals surface area contributed by atoms with E-state index in [1.54, 1.807) is 48.4 Å². The molecule has 0 aromatic heterocycles. The summed E-state index contributed by atoms with van der Waals surface area (Å²) in [6.45, 7) is 0.478. The van der Waals surface area contributed by atoms with Gasteiger partial charge in [-0.05, 0) is 54.4 Å². The summed E-state index contributed by atoms with van der Waals surface area (Å²) in [4.78, 5) is 32.3. The molecule has 4 rings (SSSR count). The number of thioether (sulfide) groups is 1. The Morgan fingerprint density at radius 3 is 2.56 bits per heavy atom. The lowest BCUT2D eigenvalue weighted by molar-refractivity contribution is -0.128. The highest BCUT2D eigenvalue weighted by molar-refractivity contribution is 8.15. The summed E-state index contributed by atoms with van der Waals surface area (Å²) < 4.78 is 5.14. The van der Waals surface area contributed by atoms with Gasteiger partial charge in [-0.25, -0.2) is 4.99 Å². The number of carbonyl (C=O) groups excluding carboxylic acids is 2. The Hall–Kier alpha value is -3.29. The SMILES string of the molecule is COc1ccc(NC(=O)C[C@@H]2SC(=Nc3cccc(Cl)c3)N(CCc3ccccc3)C2=O)cc1. The number of nitrogens with one attached hydrogen (secondary N) is 1. The number of ether oxygens (including phenoxy) is 1. The van der Waals surface area contributed by atoms with Gasteiger partial charge < -0.3 is 10.1 Å². The van der Waals surface area contributed by atoms with Crippen LogP contribution in [-0.4, -0.2) is 40.8 Å². The van der Waals surface area contributed by atoms with E-state index >= 15 is 0 Å². The summed E-state index contributed by atoms with van der Waals surface area (Å²) in [5.41, 5.74) is 2.44. The van der Waals surface area contributed by atoms with E-state index < -0.39 is 5.25 Å². The highest BCUT2D eigenvalue weighted by Crippen LogP contribution is 2.32. The zero-order valence-electron chi connectivity index (χ0n) is 18.6. The average molecular weight is 494 g/mol. The fourth-order valence-corrected chi connectivity index (χ4v) is 4.90. The molecule has 0 saturated carbocycles. The second kappa shape index (κ2) is 11.2. The van der Waals surface area contributed by atoms with Crippen molar-refractivity contribution in [2.24, 2.45) is 4.99 Å². The highest BCUT2D eigenvalue weighted by Gasteiger charge is 2.39. The van der Waals surface area contributed by atoms with E-state index in [2.05, 4.69) is 10.3 Å². The molecule has 0 aliphatic carbocycles. The van der Waals surface area contributed by atoms with E-state index in [4.69, 9.17) is 16.3 Å². The summed E-state index contributed by atoms with van der Waals surface area (Å²) in [7, 11) is 1.59. The molecule has 6 nitrogen and oxygen atoms in total. The monoisotopic (exact) mass is 493 g/mol. The number of carbonyl (C=O) groups is 2. The van der Waals surface area contributed by atoms with Gasteiger partial charge in [-0.15, -0.1) is 0 Å². The zero-order chi connectivity index (χ0) is 23.9. The summed E-state index contributed by atoms with van der Waals surface area (Å²) in [6.07, 6.45) is 0.735. The molecule has 1 atom stereocenters. The van der Waals surface area contributed by atoms with E-state index in [-0.39, 0.29) is 18.2 Å². The quantitative estimate of drug-likeness (QED) is 0.446. The number of anilines is 1. The molecule has 1 heterocycles. The van der Waals surface area contributed by atoms with Gasteiger partial charge in [-0.1, -0.05) is 59.8 Å². The third kappa shape index (κ3) is 6.18. The Morgan fingerprint density at radius 2 is 1.85 bits per heavy atom. The van der Waals surface area contributed by atoms with E-state index in [1.807, 2.05) is 42.5 Å². The van der Waals surface area contributed by atoms with Gasteiger partial charge in [0.05, 0.1) is 12.8 Å². The van der Waals surface area contributed by atoms with Crippen LogP contribution in [0.25, 0.3) is 0 Å². The van der Waals surface area contributed by atoms with Crippen LogP contribution in [0.4, 0.5) is 11.4 Å². The standard InChI is InChI=1S/C26H24ClN3O3S/c1-33-22-12-10-20(11-13-22)28-24(31)17-23-25(32)30(15-14-18-6-3-2-4-7-18)26(34-23)29-21-9-5-8-19(27)16-21/h2-13,16,23H,14-15,17H2,1H3,(H,28,31)/t23-/m0/s1. The lowest BCUT2D eigenvalue weighted by atomic mass is 10.1. The molecule has 0 unspecified atom stereocenters. The van der Waals surface area contributed by atoms with Crippen LogP contribution >= 0.6 is 23.4 Å². The molecule has 0 radical (unpaired) electrons. The second-order valence-corrected chi connectivity index (χ2v) is 9.29. The molecule has 1 fully saturated rings. The van der Waals surface area contributed by atoms with Gasteiger partial charge in [0.2, 0.25) is 11.8 Å². The Kier molecular flexibility index (Phi) is 7.87. The minimum atomic E-state index is -0.549. The van der Waals surface area contributed by atoms with Crippen LogP contribution in [0.2, 0.25) is 5.02 Å². The summed E-state index contributed by atoms with van der Waals surface area (Å²) >= 11 is 7.42. The van der Waals surface area contributed by atoms with Crippen molar-refractivity contribution >= 4 is 51.7 Å². The predicted octanol–water partition coefficient (Wildman–Crippen LogP) is 5.55. The van der Waals surface area contributed by atoms with E-state index in [9.17, 15) is 9.59 Å². The largest absolute Gasteiger partial charge is 0.497 e. The number of aliphatic imine (C=N–C) groups is 1. The van der Waals surface area contributed by atoms with Gasteiger partial charge in [-0.3, -0.25) is 14.5 Å². The van der Waals surface area contributed by atoms with E-state index in [0.29, 0.717) is 40.3 Å². The van der Waals surface area contributed by atoms with Crippen LogP contribution in [0.1, 0.15) is 12.0 Å². The van der Waals surface area contributed by atoms with Crippen LogP contribution in [0.3, 0.4) is 0 Å². The van der Waals surface area contributed by atoms with E-state index in [0.717, 1.165) is 5.56 Å². The third-order valence-corrected chi connectivity index (χ3v) is 6.67. The van der Waals surface area contributed by atoms with Crippen molar-refractivity contribution in [3.8, 4) is 5.75 Å². The number of rotatable bonds is 8. The highest BCUT2D eigenvalue weighted by atomic mass is 35.5. The molecule has 34 heavy (non-hydrogen) atoms. The number of halogens is 1. The number of methoxy groups -OCH3 is 1. The Bertz CT molecular complexity index is 1190. The van der Waals surface area contributed by atoms with Crippen molar-refractivity contribution in [2.45, 2.75) is 18.1 Å². The third-order valence-electron chi connectivity index (χ3n) is 5.26. The molecule has 2 amide bonds. The smallest absolute Gasteiger partial charge is 0.242 e. The minimum absolute atomic E-state index is 0.0476. The molecular weight excluding hydrogens is 470 g/mol. The number of amides is 2. The molecule has 174 valence electrons. The van der Waals surface area contributed by atoms with Gasteiger partial charge in [0.1, 0.15) is 11.0 Å². The van der Waals surface area contributed by atoms with Crippen LogP contribution in [0, 0.1) is 0 Å². The fourth-order valence-electron chi connectivity index (χ4n) is 3.53. The number of nitrogens with zero attached hydrogens (tertiary/aromatic N) is 2. The number of hydrogen-bond donors (Lipinski definition) is 1. The van der Waals surface area contributed by atoms with Crippen LogP contribution in [0.15, 0.2) is 83.9 Å². The van der Waals surface area contributed by atoms with Gasteiger partial charge >= 0.3 is 0 Å². The zero-order valence-corrected chi connectivity index (χ0v) is 20.2. The number of amidine groups is 1. The number of hydrogen-bond acceptors (Lipinski definition) is 5. The lowest BCUT2D eigenvalue weighted by Gasteiger charge is -2.16. The van der Waals surface area contributed by atoms with Crippen LogP contribution in [-0.2, 0) is 16.0 Å². The molecular formula is C26H24ClN3O3S. The summed E-state index contributed by atoms with van der Waals surface area (Å²) in [5, 5.41) is 3.45. The topological polar surface area (TPSA) is 71.0 Å². The second-order valence-electron chi connectivity index (χ2n) is 7.69. The van der Waals surface area contributed by atoms with Crippen molar-refractivity contribution < 1.29 is 14.3 Å². The van der Waals surface area contributed by atoms with Crippen molar-refractivity contribution in [3.05, 3.63) is 89.4 Å². The van der Waals surface area contributed by atoms with Crippen molar-refractivity contribution in [1.29, 1.82) is 0 Å². The molecule has 0 bridgehead atoms. The lowest BCUT2D eigenvalue weighted by Crippen LogP contribution is -2.35. The van der Waals surface area contributed by atoms with Crippen molar-refractivity contribution in [2.75, 3.05) is 19.0 Å². The molecule has 1 aliphatic heterocycles. The molecule has 1 N–H and O–H groups in total. The van der Waals surface area contributed by atoms with Gasteiger partial charge in [0.25, 0.3) is 0 Å². The molecule has 3 aromatic carbocycles. The molecule has 0 spiro atoms. The van der Waals surface area contributed by atoms with Gasteiger partial charge in [0.15, 0.2) is 5.17 Å². The first-order chi connectivity index (χ1) is 16.5. The van der Waals surface area contributed by atoms with Crippen molar-refractivity contribution in [3.63, 3.8) is 0 Å². The average Bonchev–Trinajstić information content (AvgIpc) is 3.12. The van der Waals surface area contributed by atoms with Crippen LogP contribution < -0.4 is 10.1 Å². The van der Waals surface area contributed by atoms with Crippen LogP contribution in [0.5, 0.6) is 5.75 Å². The molecule has 1 aliphatic rings. The minimum Gasteiger partial charge on any atom is -0.497 e. The maximum atomic E-state index is 13.3. The summed E-state index contributed by atoms with van der Waals surface area (Å²) in [6, 6.07) is 24.2. The first-order valence-corrected chi connectivity index (χ1v) is 12.1. The van der Waals surface area contributed by atoms with E-state index in [1.165, 1.54) is 11.8 Å². The van der Waals surface area contributed by atoms with Gasteiger partial charge in [-0.2, -0.15) is 0 Å². The van der Waals surface area contributed by atoms with Crippen molar-refractivity contribution in [1.82, 2.24) is 4.90 Å². The predicted molar refractivity (Wildman–Crippen MR) is 138 cm³/mol. The molecule has 1 saturated heterocycles. The first-order valence-electron chi connectivity index (χ1n) is 10.8. The fraction of sp³-hybridized carbons (Fsp3) is 0.192. The Morgan fingerprint density at radius 1 is 1.09 bits per heavy atom. The maximum Gasteiger partial charge on any atom is 0.242 e. The maximum absolute atomic E-state index is 13.3. The van der Waals surface area contributed by atoms with Gasteiger partial charge in [0, 0.05) is 23.7 Å². The Labute approximate surface area is 208 Å². The first kappa shape index (κ1) is 23.9. The number of benzene rings is 3. The molecule has 8 heteroatoms. The Balaban J connectivity index is 1.48.